The molecule has 5 nitrogen and oxygen atoms in total. The topological polar surface area (TPSA) is 52.7 Å². The molecule has 2 amide bonds. The molecule has 5 heteroatoms. The second-order valence-corrected chi connectivity index (χ2v) is 7.18. The second kappa shape index (κ2) is 10.0. The van der Waals surface area contributed by atoms with Gasteiger partial charge in [-0.05, 0) is 24.5 Å². The van der Waals surface area contributed by atoms with Crippen molar-refractivity contribution in [1.29, 1.82) is 0 Å². The fourth-order valence-corrected chi connectivity index (χ4v) is 3.64. The fourth-order valence-electron chi connectivity index (χ4n) is 3.64. The maximum Gasteiger partial charge on any atom is 0.237 e. The number of nitrogens with zero attached hydrogens (tertiary/aromatic N) is 2. The third-order valence-electron chi connectivity index (χ3n) is 5.29. The molecule has 28 heavy (non-hydrogen) atoms. The van der Waals surface area contributed by atoms with Crippen molar-refractivity contribution in [3.05, 3.63) is 71.8 Å². The van der Waals surface area contributed by atoms with E-state index in [1.165, 1.54) is 5.56 Å². The Morgan fingerprint density at radius 3 is 2.36 bits per heavy atom. The first-order chi connectivity index (χ1) is 13.7. The van der Waals surface area contributed by atoms with Gasteiger partial charge >= 0.3 is 0 Å². The van der Waals surface area contributed by atoms with Gasteiger partial charge in [-0.15, -0.1) is 0 Å². The molecule has 1 atom stereocenters. The Hall–Kier alpha value is -2.66. The van der Waals surface area contributed by atoms with Gasteiger partial charge in [-0.25, -0.2) is 0 Å². The van der Waals surface area contributed by atoms with Crippen molar-refractivity contribution in [2.45, 2.75) is 32.4 Å². The molecule has 1 N–H and O–H groups in total. The molecule has 3 rings (SSSR count). The minimum absolute atomic E-state index is 0.0260. The van der Waals surface area contributed by atoms with Crippen LogP contribution in [0.4, 0.5) is 0 Å². The van der Waals surface area contributed by atoms with E-state index in [1.807, 2.05) is 60.4 Å². The SMILES string of the molecule is CCN(Cc1ccccc1)C(=O)C[C@@H]1C(=O)NCCN1CCc1ccccc1. The molecule has 1 saturated heterocycles. The summed E-state index contributed by atoms with van der Waals surface area (Å²) < 4.78 is 0. The Morgan fingerprint density at radius 2 is 1.71 bits per heavy atom. The van der Waals surface area contributed by atoms with Gasteiger partial charge in [0, 0.05) is 32.7 Å². The van der Waals surface area contributed by atoms with Crippen molar-refractivity contribution in [1.82, 2.24) is 15.1 Å². The van der Waals surface area contributed by atoms with Crippen molar-refractivity contribution >= 4 is 11.8 Å². The third-order valence-corrected chi connectivity index (χ3v) is 5.29. The van der Waals surface area contributed by atoms with Gasteiger partial charge in [-0.2, -0.15) is 0 Å². The van der Waals surface area contributed by atoms with E-state index in [9.17, 15) is 9.59 Å². The Kier molecular flexibility index (Phi) is 7.20. The summed E-state index contributed by atoms with van der Waals surface area (Å²) in [7, 11) is 0. The zero-order valence-electron chi connectivity index (χ0n) is 16.5. The third kappa shape index (κ3) is 5.42. The van der Waals surface area contributed by atoms with Crippen LogP contribution in [-0.2, 0) is 22.6 Å². The zero-order valence-corrected chi connectivity index (χ0v) is 16.5. The van der Waals surface area contributed by atoms with Crippen LogP contribution < -0.4 is 5.32 Å². The van der Waals surface area contributed by atoms with Crippen LogP contribution >= 0.6 is 0 Å². The molecule has 1 aliphatic heterocycles. The summed E-state index contributed by atoms with van der Waals surface area (Å²) in [6.07, 6.45) is 1.10. The van der Waals surface area contributed by atoms with Crippen molar-refractivity contribution < 1.29 is 9.59 Å². The molecule has 0 aliphatic carbocycles. The lowest BCUT2D eigenvalue weighted by Crippen LogP contribution is -2.57. The Balaban J connectivity index is 1.62. The zero-order chi connectivity index (χ0) is 19.8. The highest BCUT2D eigenvalue weighted by atomic mass is 16.2. The first kappa shape index (κ1) is 20.1. The van der Waals surface area contributed by atoms with E-state index in [1.54, 1.807) is 0 Å². The number of rotatable bonds is 8. The largest absolute Gasteiger partial charge is 0.353 e. The van der Waals surface area contributed by atoms with Crippen molar-refractivity contribution in [2.24, 2.45) is 0 Å². The van der Waals surface area contributed by atoms with Gasteiger partial charge in [0.05, 0.1) is 12.5 Å². The van der Waals surface area contributed by atoms with E-state index >= 15 is 0 Å². The molecule has 148 valence electrons. The number of amides is 2. The molecule has 1 heterocycles. The van der Waals surface area contributed by atoms with Gasteiger partial charge in [-0.3, -0.25) is 14.5 Å². The van der Waals surface area contributed by atoms with Crippen molar-refractivity contribution in [2.75, 3.05) is 26.2 Å². The molecule has 0 unspecified atom stereocenters. The Morgan fingerprint density at radius 1 is 1.07 bits per heavy atom. The van der Waals surface area contributed by atoms with Crippen LogP contribution in [0.3, 0.4) is 0 Å². The smallest absolute Gasteiger partial charge is 0.237 e. The van der Waals surface area contributed by atoms with Crippen LogP contribution in [0.15, 0.2) is 60.7 Å². The predicted molar refractivity (Wildman–Crippen MR) is 111 cm³/mol. The molecule has 1 aliphatic rings. The predicted octanol–water partition coefficient (Wildman–Crippen LogP) is 2.47. The van der Waals surface area contributed by atoms with Crippen LogP contribution in [0, 0.1) is 0 Å². The lowest BCUT2D eigenvalue weighted by Gasteiger charge is -2.35. The van der Waals surface area contributed by atoms with Crippen molar-refractivity contribution in [3.63, 3.8) is 0 Å². The minimum atomic E-state index is -0.394. The molecule has 0 saturated carbocycles. The summed E-state index contributed by atoms with van der Waals surface area (Å²) in [6.45, 7) is 5.39. The molecule has 2 aromatic carbocycles. The van der Waals surface area contributed by atoms with Crippen LogP contribution in [0.1, 0.15) is 24.5 Å². The van der Waals surface area contributed by atoms with Gasteiger partial charge in [0.15, 0.2) is 0 Å². The highest BCUT2D eigenvalue weighted by Gasteiger charge is 2.32. The van der Waals surface area contributed by atoms with E-state index in [-0.39, 0.29) is 18.2 Å². The maximum atomic E-state index is 12.9. The number of benzene rings is 2. The monoisotopic (exact) mass is 379 g/mol. The highest BCUT2D eigenvalue weighted by Crippen LogP contribution is 2.14. The normalized spacial score (nSPS) is 17.2. The Bertz CT molecular complexity index is 764. The van der Waals surface area contributed by atoms with Gasteiger partial charge in [0.2, 0.25) is 11.8 Å². The van der Waals surface area contributed by atoms with Crippen LogP contribution in [0.2, 0.25) is 0 Å². The molecule has 0 radical (unpaired) electrons. The van der Waals surface area contributed by atoms with E-state index in [0.29, 0.717) is 19.6 Å². The van der Waals surface area contributed by atoms with Crippen LogP contribution in [0.5, 0.6) is 0 Å². The van der Waals surface area contributed by atoms with Crippen molar-refractivity contribution in [3.8, 4) is 0 Å². The molecule has 0 bridgehead atoms. The first-order valence-electron chi connectivity index (χ1n) is 10.0. The molecule has 1 fully saturated rings. The molecule has 0 spiro atoms. The van der Waals surface area contributed by atoms with E-state index in [2.05, 4.69) is 22.3 Å². The average Bonchev–Trinajstić information content (AvgIpc) is 2.74. The number of hydrogen-bond acceptors (Lipinski definition) is 3. The first-order valence-corrected chi connectivity index (χ1v) is 10.0. The van der Waals surface area contributed by atoms with E-state index < -0.39 is 6.04 Å². The summed E-state index contributed by atoms with van der Waals surface area (Å²) in [5.41, 5.74) is 2.35. The lowest BCUT2D eigenvalue weighted by atomic mass is 10.1. The standard InChI is InChI=1S/C23H29N3O2/c1-2-25(18-20-11-7-4-8-12-20)22(27)17-21-23(28)24-14-16-26(21)15-13-19-9-5-3-6-10-19/h3-12,21H,2,13-18H2,1H3,(H,24,28)/t21-/m1/s1. The number of carbonyl (C=O) groups is 2. The highest BCUT2D eigenvalue weighted by molar-refractivity contribution is 5.88. The number of hydrogen-bond donors (Lipinski definition) is 1. The molecule has 0 aromatic heterocycles. The summed E-state index contributed by atoms with van der Waals surface area (Å²) in [5.74, 6) is -0.0125. The summed E-state index contributed by atoms with van der Waals surface area (Å²) >= 11 is 0. The quantitative estimate of drug-likeness (QED) is 0.767. The van der Waals surface area contributed by atoms with Crippen LogP contribution in [0.25, 0.3) is 0 Å². The van der Waals surface area contributed by atoms with Crippen LogP contribution in [-0.4, -0.2) is 53.8 Å². The molecular formula is C23H29N3O2. The van der Waals surface area contributed by atoms with E-state index in [4.69, 9.17) is 0 Å². The number of nitrogens with one attached hydrogen (secondary N) is 1. The van der Waals surface area contributed by atoms with Gasteiger partial charge in [0.25, 0.3) is 0 Å². The average molecular weight is 380 g/mol. The van der Waals surface area contributed by atoms with Gasteiger partial charge in [0.1, 0.15) is 0 Å². The number of piperazine rings is 1. The fraction of sp³-hybridized carbons (Fsp3) is 0.391. The maximum absolute atomic E-state index is 12.9. The Labute approximate surface area is 167 Å². The minimum Gasteiger partial charge on any atom is -0.353 e. The van der Waals surface area contributed by atoms with E-state index in [0.717, 1.165) is 25.1 Å². The summed E-state index contributed by atoms with van der Waals surface area (Å²) in [5, 5.41) is 2.92. The number of carbonyl (C=O) groups excluding carboxylic acids is 2. The molecule has 2 aromatic rings. The second-order valence-electron chi connectivity index (χ2n) is 7.18. The lowest BCUT2D eigenvalue weighted by molar-refractivity contribution is -0.139. The van der Waals surface area contributed by atoms with Gasteiger partial charge in [-0.1, -0.05) is 60.7 Å². The summed E-state index contributed by atoms with van der Waals surface area (Å²) in [6, 6.07) is 19.8. The van der Waals surface area contributed by atoms with Gasteiger partial charge < -0.3 is 10.2 Å². The molecular weight excluding hydrogens is 350 g/mol. The summed E-state index contributed by atoms with van der Waals surface area (Å²) in [4.78, 5) is 29.4.